The molecule has 0 radical (unpaired) electrons. The number of rotatable bonds is 8. The molecule has 0 unspecified atom stereocenters. The van der Waals surface area contributed by atoms with Crippen molar-refractivity contribution in [1.29, 1.82) is 0 Å². The lowest BCUT2D eigenvalue weighted by Gasteiger charge is -2.15. The van der Waals surface area contributed by atoms with Crippen LogP contribution in [0.5, 0.6) is 11.5 Å². The fourth-order valence-corrected chi connectivity index (χ4v) is 5.31. The molecular weight excluding hydrogens is 627 g/mol. The summed E-state index contributed by atoms with van der Waals surface area (Å²) in [4.78, 5) is 39.4. The van der Waals surface area contributed by atoms with Crippen molar-refractivity contribution in [2.75, 3.05) is 23.4 Å². The molecule has 37 heavy (non-hydrogen) atoms. The first-order valence-corrected chi connectivity index (χ1v) is 13.5. The Hall–Kier alpha value is -3.02. The molecule has 3 aromatic rings. The van der Waals surface area contributed by atoms with E-state index in [2.05, 4.69) is 27.9 Å². The topological polar surface area (TPSA) is 84.9 Å². The van der Waals surface area contributed by atoms with Crippen LogP contribution in [0.4, 0.5) is 16.2 Å². The number of hydrogen-bond acceptors (Lipinski definition) is 6. The maximum atomic E-state index is 13.0. The van der Waals surface area contributed by atoms with Gasteiger partial charge in [0.1, 0.15) is 0 Å². The van der Waals surface area contributed by atoms with Gasteiger partial charge in [0.15, 0.2) is 18.1 Å². The average molecular weight is 649 g/mol. The van der Waals surface area contributed by atoms with Crippen molar-refractivity contribution in [1.82, 2.24) is 0 Å². The van der Waals surface area contributed by atoms with E-state index >= 15 is 0 Å². The molecule has 1 aliphatic heterocycles. The average Bonchev–Trinajstić information content (AvgIpc) is 3.12. The molecule has 10 heteroatoms. The molecule has 0 bridgehead atoms. The molecule has 1 saturated heterocycles. The second-order valence-corrected chi connectivity index (χ2v) is 10.6. The van der Waals surface area contributed by atoms with Gasteiger partial charge in [-0.1, -0.05) is 35.4 Å². The number of ether oxygens (including phenoxy) is 2. The third-order valence-corrected chi connectivity index (χ3v) is 7.08. The van der Waals surface area contributed by atoms with Gasteiger partial charge in [-0.3, -0.25) is 14.4 Å². The lowest BCUT2D eigenvalue weighted by Crippen LogP contribution is -2.27. The number of imide groups is 1. The van der Waals surface area contributed by atoms with Gasteiger partial charge < -0.3 is 14.8 Å². The Morgan fingerprint density at radius 1 is 1.11 bits per heavy atom. The van der Waals surface area contributed by atoms with E-state index in [-0.39, 0.29) is 17.4 Å². The minimum atomic E-state index is -0.432. The number of carbonyl (C=O) groups excluding carboxylic acids is 3. The summed E-state index contributed by atoms with van der Waals surface area (Å²) in [6, 6.07) is 17.6. The van der Waals surface area contributed by atoms with E-state index in [0.717, 1.165) is 22.2 Å². The van der Waals surface area contributed by atoms with Gasteiger partial charge in [0.05, 0.1) is 20.8 Å². The number of aryl methyl sites for hydroxylation is 1. The fraction of sp³-hybridized carbons (Fsp3) is 0.148. The highest BCUT2D eigenvalue weighted by atomic mass is 127. The SMILES string of the molecule is CCOc1cc(/C=C2/SC(=O)N(c3cccc(Cl)c3)C2=O)cc(I)c1OCC(=O)Nc1ccc(C)cc1. The monoisotopic (exact) mass is 648 g/mol. The summed E-state index contributed by atoms with van der Waals surface area (Å²) < 4.78 is 12.3. The van der Waals surface area contributed by atoms with Crippen LogP contribution < -0.4 is 19.7 Å². The van der Waals surface area contributed by atoms with Crippen LogP contribution in [-0.2, 0) is 9.59 Å². The molecule has 1 aliphatic rings. The first-order chi connectivity index (χ1) is 17.7. The van der Waals surface area contributed by atoms with Crippen LogP contribution in [0, 0.1) is 10.5 Å². The minimum absolute atomic E-state index is 0.207. The summed E-state index contributed by atoms with van der Waals surface area (Å²) >= 11 is 8.97. The maximum absolute atomic E-state index is 13.0. The van der Waals surface area contributed by atoms with Crippen LogP contribution in [0.3, 0.4) is 0 Å². The molecule has 3 amide bonds. The smallest absolute Gasteiger partial charge is 0.298 e. The second-order valence-electron chi connectivity index (χ2n) is 7.96. The lowest BCUT2D eigenvalue weighted by atomic mass is 10.1. The van der Waals surface area contributed by atoms with Gasteiger partial charge in [0.2, 0.25) is 0 Å². The Morgan fingerprint density at radius 2 is 1.86 bits per heavy atom. The van der Waals surface area contributed by atoms with Gasteiger partial charge in [0, 0.05) is 10.7 Å². The van der Waals surface area contributed by atoms with Crippen LogP contribution in [-0.4, -0.2) is 30.3 Å². The summed E-state index contributed by atoms with van der Waals surface area (Å²) in [5, 5.41) is 2.82. The highest BCUT2D eigenvalue weighted by molar-refractivity contribution is 14.1. The van der Waals surface area contributed by atoms with Crippen molar-refractivity contribution in [3.63, 3.8) is 0 Å². The molecule has 0 aliphatic carbocycles. The van der Waals surface area contributed by atoms with Crippen molar-refractivity contribution < 1.29 is 23.9 Å². The first kappa shape index (κ1) is 27.0. The summed E-state index contributed by atoms with van der Waals surface area (Å²) in [7, 11) is 0. The number of amides is 3. The zero-order chi connectivity index (χ0) is 26.5. The number of nitrogens with one attached hydrogen (secondary N) is 1. The molecule has 1 fully saturated rings. The number of nitrogens with zero attached hydrogens (tertiary/aromatic N) is 1. The third kappa shape index (κ3) is 6.65. The number of thioether (sulfide) groups is 1. The third-order valence-electron chi connectivity index (χ3n) is 5.17. The predicted octanol–water partition coefficient (Wildman–Crippen LogP) is 6.91. The van der Waals surface area contributed by atoms with Crippen LogP contribution >= 0.6 is 46.0 Å². The molecule has 0 spiro atoms. The zero-order valence-electron chi connectivity index (χ0n) is 19.9. The van der Waals surface area contributed by atoms with Crippen molar-refractivity contribution >= 4 is 80.5 Å². The highest BCUT2D eigenvalue weighted by Gasteiger charge is 2.36. The van der Waals surface area contributed by atoms with E-state index in [4.69, 9.17) is 21.1 Å². The number of hydrogen-bond donors (Lipinski definition) is 1. The van der Waals surface area contributed by atoms with E-state index in [9.17, 15) is 14.4 Å². The maximum Gasteiger partial charge on any atom is 0.298 e. The standard InChI is InChI=1S/C27H22ClIN2O5S/c1-3-35-22-12-17(13-23-26(33)31(27(34)37-23)20-6-4-5-18(28)14-20)11-21(29)25(22)36-15-24(32)30-19-9-7-16(2)8-10-19/h4-14H,3,15H2,1-2H3,(H,30,32)/b23-13+. The predicted molar refractivity (Wildman–Crippen MR) is 156 cm³/mol. The fourth-order valence-electron chi connectivity index (χ4n) is 3.50. The van der Waals surface area contributed by atoms with Gasteiger partial charge >= 0.3 is 0 Å². The summed E-state index contributed by atoms with van der Waals surface area (Å²) in [5.41, 5.74) is 2.84. The Bertz CT molecular complexity index is 1390. The molecular formula is C27H22ClIN2O5S. The van der Waals surface area contributed by atoms with Crippen molar-refractivity contribution in [2.45, 2.75) is 13.8 Å². The van der Waals surface area contributed by atoms with Gasteiger partial charge in [-0.05, 0) is 102 Å². The van der Waals surface area contributed by atoms with Gasteiger partial charge in [-0.15, -0.1) is 0 Å². The molecule has 3 aromatic carbocycles. The Kier molecular flexibility index (Phi) is 8.78. The van der Waals surface area contributed by atoms with Gasteiger partial charge in [0.25, 0.3) is 17.1 Å². The first-order valence-electron chi connectivity index (χ1n) is 11.2. The molecule has 4 rings (SSSR count). The Labute approximate surface area is 237 Å². The number of benzene rings is 3. The zero-order valence-corrected chi connectivity index (χ0v) is 23.6. The Morgan fingerprint density at radius 3 is 2.57 bits per heavy atom. The van der Waals surface area contributed by atoms with Crippen LogP contribution in [0.25, 0.3) is 6.08 Å². The molecule has 1 N–H and O–H groups in total. The van der Waals surface area contributed by atoms with Crippen LogP contribution in [0.15, 0.2) is 65.6 Å². The molecule has 7 nitrogen and oxygen atoms in total. The Balaban J connectivity index is 1.52. The van der Waals surface area contributed by atoms with Crippen LogP contribution in [0.1, 0.15) is 18.1 Å². The normalized spacial score (nSPS) is 14.3. The summed E-state index contributed by atoms with van der Waals surface area (Å²) in [6.07, 6.45) is 1.63. The number of anilines is 2. The minimum Gasteiger partial charge on any atom is -0.490 e. The number of carbonyl (C=O) groups is 3. The largest absolute Gasteiger partial charge is 0.490 e. The van der Waals surface area contributed by atoms with E-state index < -0.39 is 11.1 Å². The van der Waals surface area contributed by atoms with Gasteiger partial charge in [-0.25, -0.2) is 4.90 Å². The second kappa shape index (κ2) is 12.0. The van der Waals surface area contributed by atoms with E-state index in [0.29, 0.717) is 43.6 Å². The molecule has 0 atom stereocenters. The summed E-state index contributed by atoms with van der Waals surface area (Å²) in [5.74, 6) is 0.114. The number of halogens is 2. The van der Waals surface area contributed by atoms with Gasteiger partial charge in [-0.2, -0.15) is 0 Å². The quantitative estimate of drug-likeness (QED) is 0.211. The molecule has 1 heterocycles. The molecule has 190 valence electrons. The van der Waals surface area contributed by atoms with E-state index in [1.165, 1.54) is 0 Å². The van der Waals surface area contributed by atoms with E-state index in [1.54, 1.807) is 42.5 Å². The molecule has 0 aromatic heterocycles. The van der Waals surface area contributed by atoms with Crippen molar-refractivity contribution in [3.8, 4) is 11.5 Å². The van der Waals surface area contributed by atoms with Crippen molar-refractivity contribution in [2.24, 2.45) is 0 Å². The van der Waals surface area contributed by atoms with Crippen molar-refractivity contribution in [3.05, 3.63) is 85.3 Å². The summed E-state index contributed by atoms with van der Waals surface area (Å²) in [6.45, 7) is 3.97. The molecule has 0 saturated carbocycles. The lowest BCUT2D eigenvalue weighted by molar-refractivity contribution is -0.118. The van der Waals surface area contributed by atoms with E-state index in [1.807, 2.05) is 38.1 Å². The van der Waals surface area contributed by atoms with Crippen LogP contribution in [0.2, 0.25) is 5.02 Å². The highest BCUT2D eigenvalue weighted by Crippen LogP contribution is 2.39.